The number of carbonyl (C=O) groups excluding carboxylic acids is 1. The summed E-state index contributed by atoms with van der Waals surface area (Å²) in [4.78, 5) is 22.5. The van der Waals surface area contributed by atoms with Crippen molar-refractivity contribution in [3.05, 3.63) is 41.6 Å². The second-order valence-corrected chi connectivity index (χ2v) is 8.86. The number of nitrogens with zero attached hydrogens (tertiary/aromatic N) is 5. The van der Waals surface area contributed by atoms with Gasteiger partial charge in [0.2, 0.25) is 5.82 Å². The van der Waals surface area contributed by atoms with E-state index >= 15 is 0 Å². The number of nitrogens with one attached hydrogen (secondary N) is 1. The highest BCUT2D eigenvalue weighted by Crippen LogP contribution is 2.28. The molecular weight excluding hydrogens is 423 g/mol. The molecule has 1 N–H and O–H groups in total. The van der Waals surface area contributed by atoms with E-state index < -0.39 is 11.4 Å². The second-order valence-electron chi connectivity index (χ2n) is 8.50. The molecular formula is C21H24ClFN6O2. The molecule has 0 aliphatic carbocycles. The fourth-order valence-electron chi connectivity index (χ4n) is 3.52. The maximum absolute atomic E-state index is 14.7. The van der Waals surface area contributed by atoms with Crippen LogP contribution in [-0.4, -0.2) is 55.3 Å². The molecule has 3 aromatic heterocycles. The third kappa shape index (κ3) is 4.71. The zero-order valence-corrected chi connectivity index (χ0v) is 18.4. The highest BCUT2D eigenvalue weighted by Gasteiger charge is 2.29. The van der Waals surface area contributed by atoms with Gasteiger partial charge in [-0.05, 0) is 45.7 Å². The van der Waals surface area contributed by atoms with Gasteiger partial charge in [0, 0.05) is 25.3 Å². The van der Waals surface area contributed by atoms with E-state index in [1.165, 1.54) is 0 Å². The first-order chi connectivity index (χ1) is 14.7. The molecule has 1 amide bonds. The summed E-state index contributed by atoms with van der Waals surface area (Å²) in [6, 6.07) is 5.40. The average molecular weight is 447 g/mol. The molecule has 0 spiro atoms. The monoisotopic (exact) mass is 446 g/mol. The Kier molecular flexibility index (Phi) is 5.70. The molecule has 8 nitrogen and oxygen atoms in total. The molecule has 0 radical (unpaired) electrons. The van der Waals surface area contributed by atoms with Crippen LogP contribution in [0.3, 0.4) is 0 Å². The first kappa shape index (κ1) is 21.3. The van der Waals surface area contributed by atoms with Crippen LogP contribution >= 0.6 is 11.6 Å². The van der Waals surface area contributed by atoms with Gasteiger partial charge in [-0.25, -0.2) is 19.3 Å². The third-order valence-corrected chi connectivity index (χ3v) is 5.14. The van der Waals surface area contributed by atoms with E-state index in [4.69, 9.17) is 16.3 Å². The number of aromatic nitrogens is 4. The lowest BCUT2D eigenvalue weighted by atomic mass is 10.1. The average Bonchev–Trinajstić information content (AvgIpc) is 3.14. The largest absolute Gasteiger partial charge is 0.444 e. The van der Waals surface area contributed by atoms with Gasteiger partial charge in [0.15, 0.2) is 16.8 Å². The molecule has 0 aromatic carbocycles. The van der Waals surface area contributed by atoms with Crippen molar-refractivity contribution in [3.8, 4) is 11.4 Å². The Labute approximate surface area is 184 Å². The van der Waals surface area contributed by atoms with Gasteiger partial charge in [0.1, 0.15) is 5.60 Å². The van der Waals surface area contributed by atoms with E-state index in [0.29, 0.717) is 18.7 Å². The topological polar surface area (TPSA) is 84.6 Å². The van der Waals surface area contributed by atoms with Crippen molar-refractivity contribution in [2.75, 3.05) is 18.4 Å². The van der Waals surface area contributed by atoms with Crippen molar-refractivity contribution in [1.82, 2.24) is 24.5 Å². The Hall–Kier alpha value is -2.94. The molecule has 4 heterocycles. The van der Waals surface area contributed by atoms with Crippen LogP contribution in [0.25, 0.3) is 16.9 Å². The lowest BCUT2D eigenvalue weighted by Crippen LogP contribution is -2.47. The number of likely N-dealkylation sites (tertiary alicyclic amines) is 1. The van der Waals surface area contributed by atoms with Gasteiger partial charge < -0.3 is 15.0 Å². The van der Waals surface area contributed by atoms with E-state index in [0.717, 1.165) is 18.4 Å². The smallest absolute Gasteiger partial charge is 0.410 e. The number of hydrogen-bond donors (Lipinski definition) is 1. The Bertz CT molecular complexity index is 1110. The van der Waals surface area contributed by atoms with Crippen LogP contribution in [0.5, 0.6) is 0 Å². The third-order valence-electron chi connectivity index (χ3n) is 4.89. The number of fused-ring (bicyclic) bond motifs is 1. The first-order valence-corrected chi connectivity index (χ1v) is 10.5. The molecule has 164 valence electrons. The molecule has 0 bridgehead atoms. The number of halogens is 2. The van der Waals surface area contributed by atoms with E-state index in [-0.39, 0.29) is 28.9 Å². The number of ether oxygens (including phenoxy) is 1. The minimum absolute atomic E-state index is 0.00122. The van der Waals surface area contributed by atoms with Crippen LogP contribution in [0, 0.1) is 5.82 Å². The Morgan fingerprint density at radius 1 is 1.32 bits per heavy atom. The van der Waals surface area contributed by atoms with Crippen molar-refractivity contribution < 1.29 is 13.9 Å². The van der Waals surface area contributed by atoms with E-state index in [9.17, 15) is 9.18 Å². The summed E-state index contributed by atoms with van der Waals surface area (Å²) in [5, 5.41) is 7.10. The Balaban J connectivity index is 1.56. The highest BCUT2D eigenvalue weighted by molar-refractivity contribution is 6.29. The van der Waals surface area contributed by atoms with E-state index in [1.54, 1.807) is 21.8 Å². The Morgan fingerprint density at radius 3 is 2.90 bits per heavy atom. The van der Waals surface area contributed by atoms with Crippen LogP contribution in [-0.2, 0) is 4.74 Å². The zero-order chi connectivity index (χ0) is 22.2. The number of hydrogen-bond acceptors (Lipinski definition) is 6. The van der Waals surface area contributed by atoms with Crippen LogP contribution in [0.1, 0.15) is 33.6 Å². The SMILES string of the molecule is CC(C)(C)OC(=O)N1CCC[C@@H](Nc2nc(-c3cnn4ccccc34)nc(Cl)c2F)C1. The standard InChI is InChI=1S/C21H24ClFN6O2/c1-21(2,3)31-20(30)28-9-6-7-13(12-28)25-19-16(23)17(22)26-18(27-19)14-11-24-29-10-5-4-8-15(14)29/h4-5,8,10-11,13H,6-7,9,12H2,1-3H3,(H,25,26,27)/t13-/m1/s1. The fourth-order valence-corrected chi connectivity index (χ4v) is 3.69. The number of rotatable bonds is 3. The Morgan fingerprint density at radius 2 is 2.13 bits per heavy atom. The van der Waals surface area contributed by atoms with Crippen molar-refractivity contribution in [2.45, 2.75) is 45.3 Å². The number of anilines is 1. The van der Waals surface area contributed by atoms with E-state index in [2.05, 4.69) is 20.4 Å². The number of pyridine rings is 1. The number of carbonyl (C=O) groups is 1. The van der Waals surface area contributed by atoms with Crippen LogP contribution in [0.15, 0.2) is 30.6 Å². The maximum Gasteiger partial charge on any atom is 0.410 e. The quantitative estimate of drug-likeness (QED) is 0.600. The molecule has 10 heteroatoms. The molecule has 4 rings (SSSR count). The fraction of sp³-hybridized carbons (Fsp3) is 0.429. The molecule has 1 saturated heterocycles. The van der Waals surface area contributed by atoms with Gasteiger partial charge in [0.25, 0.3) is 0 Å². The predicted octanol–water partition coefficient (Wildman–Crippen LogP) is 4.40. The minimum atomic E-state index is -0.726. The van der Waals surface area contributed by atoms with Crippen molar-refractivity contribution in [2.24, 2.45) is 0 Å². The summed E-state index contributed by atoms with van der Waals surface area (Å²) < 4.78 is 21.9. The summed E-state index contributed by atoms with van der Waals surface area (Å²) in [5.74, 6) is -0.451. The second kappa shape index (κ2) is 8.30. The number of piperidine rings is 1. The maximum atomic E-state index is 14.7. The van der Waals surface area contributed by atoms with Crippen molar-refractivity contribution in [1.29, 1.82) is 0 Å². The van der Waals surface area contributed by atoms with E-state index in [1.807, 2.05) is 39.0 Å². The molecule has 1 fully saturated rings. The summed E-state index contributed by atoms with van der Waals surface area (Å²) >= 11 is 6.08. The van der Waals surface area contributed by atoms with Crippen LogP contribution < -0.4 is 5.32 Å². The van der Waals surface area contributed by atoms with Crippen molar-refractivity contribution in [3.63, 3.8) is 0 Å². The summed E-state index contributed by atoms with van der Waals surface area (Å²) in [7, 11) is 0. The van der Waals surface area contributed by atoms with Gasteiger partial charge in [0.05, 0.1) is 17.3 Å². The molecule has 0 unspecified atom stereocenters. The van der Waals surface area contributed by atoms with Gasteiger partial charge in [-0.15, -0.1) is 0 Å². The van der Waals surface area contributed by atoms with Gasteiger partial charge >= 0.3 is 6.09 Å². The molecule has 1 aliphatic rings. The summed E-state index contributed by atoms with van der Waals surface area (Å²) in [5.41, 5.74) is 0.849. The first-order valence-electron chi connectivity index (χ1n) is 10.1. The highest BCUT2D eigenvalue weighted by atomic mass is 35.5. The summed E-state index contributed by atoms with van der Waals surface area (Å²) in [6.45, 7) is 6.44. The summed E-state index contributed by atoms with van der Waals surface area (Å²) in [6.07, 6.45) is 4.56. The van der Waals surface area contributed by atoms with Crippen LogP contribution in [0.4, 0.5) is 15.0 Å². The molecule has 31 heavy (non-hydrogen) atoms. The van der Waals surface area contributed by atoms with Crippen LogP contribution in [0.2, 0.25) is 5.15 Å². The molecule has 3 aromatic rings. The van der Waals surface area contributed by atoms with Gasteiger partial charge in [-0.1, -0.05) is 17.7 Å². The van der Waals surface area contributed by atoms with Gasteiger partial charge in [-0.3, -0.25) is 0 Å². The lowest BCUT2D eigenvalue weighted by Gasteiger charge is -2.34. The lowest BCUT2D eigenvalue weighted by molar-refractivity contribution is 0.0206. The van der Waals surface area contributed by atoms with Crippen molar-refractivity contribution >= 4 is 29.0 Å². The predicted molar refractivity (Wildman–Crippen MR) is 116 cm³/mol. The zero-order valence-electron chi connectivity index (χ0n) is 17.6. The molecule has 1 aliphatic heterocycles. The molecule has 0 saturated carbocycles. The van der Waals surface area contributed by atoms with Gasteiger partial charge in [-0.2, -0.15) is 9.49 Å². The normalized spacial score (nSPS) is 17.1. The minimum Gasteiger partial charge on any atom is -0.444 e. The number of amides is 1. The molecule has 1 atom stereocenters.